The highest BCUT2D eigenvalue weighted by molar-refractivity contribution is 9.10. The molecular weight excluding hydrogens is 480 g/mol. The number of nitrogens with zero attached hydrogens (tertiary/aromatic N) is 4. The van der Waals surface area contributed by atoms with Crippen molar-refractivity contribution in [1.82, 2.24) is 19.9 Å². The second-order valence-electron chi connectivity index (χ2n) is 8.20. The van der Waals surface area contributed by atoms with Gasteiger partial charge in [-0.05, 0) is 85.3 Å². The predicted octanol–water partition coefficient (Wildman–Crippen LogP) is 5.83. The van der Waals surface area contributed by atoms with Gasteiger partial charge >= 0.3 is 0 Å². The Bertz CT molecular complexity index is 1230. The third kappa shape index (κ3) is 5.23. The van der Waals surface area contributed by atoms with Gasteiger partial charge in [-0.2, -0.15) is 4.98 Å². The molecule has 2 aromatic heterocycles. The van der Waals surface area contributed by atoms with Crippen molar-refractivity contribution >= 4 is 44.3 Å². The lowest BCUT2D eigenvalue weighted by molar-refractivity contribution is 0.263. The number of pyridine rings is 1. The number of piperidine rings is 1. The molecule has 1 aliphatic rings. The van der Waals surface area contributed by atoms with E-state index < -0.39 is 0 Å². The smallest absolute Gasteiger partial charge is 0.225 e. The van der Waals surface area contributed by atoms with E-state index in [0.717, 1.165) is 58.5 Å². The zero-order valence-corrected chi connectivity index (χ0v) is 19.9. The Morgan fingerprint density at radius 2 is 1.67 bits per heavy atom. The van der Waals surface area contributed by atoms with Crippen LogP contribution < -0.4 is 15.4 Å². The lowest BCUT2D eigenvalue weighted by Gasteiger charge is -2.29. The van der Waals surface area contributed by atoms with Crippen molar-refractivity contribution in [2.75, 3.05) is 30.8 Å². The van der Waals surface area contributed by atoms with Crippen LogP contribution in [-0.4, -0.2) is 46.0 Å². The highest BCUT2D eigenvalue weighted by Gasteiger charge is 2.19. The number of benzene rings is 2. The number of halogens is 1. The predicted molar refractivity (Wildman–Crippen MR) is 135 cm³/mol. The van der Waals surface area contributed by atoms with Gasteiger partial charge in [0.1, 0.15) is 17.3 Å². The Labute approximate surface area is 201 Å². The van der Waals surface area contributed by atoms with Crippen molar-refractivity contribution in [2.45, 2.75) is 18.9 Å². The molecule has 5 rings (SSSR count). The molecule has 2 aromatic carbocycles. The molecule has 0 unspecified atom stereocenters. The standard InChI is InChI=1S/C25H25BrN6O/c1-32-13-11-18(12-14-32)29-25-30-23-21(15-27-16-22(23)26)24(31-25)28-17-7-9-20(10-8-17)33-19-5-3-2-4-6-19/h2-10,15-16,18H,11-14H2,1H3,(H2,28,29,30,31). The van der Waals surface area contributed by atoms with Crippen LogP contribution in [-0.2, 0) is 0 Å². The maximum atomic E-state index is 5.90. The van der Waals surface area contributed by atoms with E-state index in [1.165, 1.54) is 0 Å². The van der Waals surface area contributed by atoms with Gasteiger partial charge in [0.25, 0.3) is 0 Å². The number of rotatable bonds is 6. The van der Waals surface area contributed by atoms with E-state index in [0.29, 0.717) is 17.8 Å². The van der Waals surface area contributed by atoms with Crippen molar-refractivity contribution < 1.29 is 4.74 Å². The lowest BCUT2D eigenvalue weighted by Crippen LogP contribution is -2.37. The molecule has 7 nitrogen and oxygen atoms in total. The number of aromatic nitrogens is 3. The molecule has 3 heterocycles. The van der Waals surface area contributed by atoms with Crippen LogP contribution in [0.2, 0.25) is 0 Å². The minimum atomic E-state index is 0.363. The van der Waals surface area contributed by atoms with Crippen LogP contribution >= 0.6 is 15.9 Å². The normalized spacial score (nSPS) is 14.8. The first-order valence-corrected chi connectivity index (χ1v) is 11.8. The van der Waals surface area contributed by atoms with Gasteiger partial charge in [-0.1, -0.05) is 18.2 Å². The number of anilines is 3. The van der Waals surface area contributed by atoms with E-state index in [2.05, 4.69) is 43.5 Å². The summed E-state index contributed by atoms with van der Waals surface area (Å²) in [5.74, 6) is 2.91. The molecule has 0 saturated carbocycles. The summed E-state index contributed by atoms with van der Waals surface area (Å²) in [5.41, 5.74) is 1.72. The van der Waals surface area contributed by atoms with E-state index in [-0.39, 0.29) is 0 Å². The Kier molecular flexibility index (Phi) is 6.37. The fourth-order valence-electron chi connectivity index (χ4n) is 3.88. The minimum Gasteiger partial charge on any atom is -0.457 e. The van der Waals surface area contributed by atoms with Crippen molar-refractivity contribution in [1.29, 1.82) is 0 Å². The van der Waals surface area contributed by atoms with Crippen LogP contribution in [0.15, 0.2) is 71.5 Å². The van der Waals surface area contributed by atoms with Gasteiger partial charge < -0.3 is 20.3 Å². The van der Waals surface area contributed by atoms with E-state index in [1.807, 2.05) is 54.6 Å². The van der Waals surface area contributed by atoms with Gasteiger partial charge in [0, 0.05) is 24.1 Å². The summed E-state index contributed by atoms with van der Waals surface area (Å²) in [5, 5.41) is 7.82. The average Bonchev–Trinajstić information content (AvgIpc) is 2.83. The van der Waals surface area contributed by atoms with Crippen molar-refractivity contribution in [3.05, 3.63) is 71.5 Å². The second-order valence-corrected chi connectivity index (χ2v) is 9.05. The number of nitrogens with one attached hydrogen (secondary N) is 2. The van der Waals surface area contributed by atoms with E-state index in [1.54, 1.807) is 12.4 Å². The molecule has 1 fully saturated rings. The first-order valence-electron chi connectivity index (χ1n) is 11.0. The summed E-state index contributed by atoms with van der Waals surface area (Å²) in [4.78, 5) is 16.2. The number of fused-ring (bicyclic) bond motifs is 1. The third-order valence-corrected chi connectivity index (χ3v) is 6.29. The topological polar surface area (TPSA) is 75.2 Å². The summed E-state index contributed by atoms with van der Waals surface area (Å²) in [7, 11) is 2.16. The molecule has 4 aromatic rings. The molecule has 0 radical (unpaired) electrons. The monoisotopic (exact) mass is 504 g/mol. The van der Waals surface area contributed by atoms with Crippen LogP contribution in [0.3, 0.4) is 0 Å². The molecular formula is C25H25BrN6O. The number of hydrogen-bond acceptors (Lipinski definition) is 7. The van der Waals surface area contributed by atoms with Crippen LogP contribution in [0.25, 0.3) is 10.9 Å². The fraction of sp³-hybridized carbons (Fsp3) is 0.240. The van der Waals surface area contributed by atoms with Gasteiger partial charge in [-0.3, -0.25) is 4.98 Å². The molecule has 0 amide bonds. The largest absolute Gasteiger partial charge is 0.457 e. The van der Waals surface area contributed by atoms with Crippen LogP contribution in [0, 0.1) is 0 Å². The number of para-hydroxylation sites is 1. The molecule has 8 heteroatoms. The van der Waals surface area contributed by atoms with Gasteiger partial charge in [-0.25, -0.2) is 4.98 Å². The molecule has 0 spiro atoms. The quantitative estimate of drug-likeness (QED) is 0.342. The molecule has 1 aliphatic heterocycles. The molecule has 0 bridgehead atoms. The molecule has 33 heavy (non-hydrogen) atoms. The highest BCUT2D eigenvalue weighted by Crippen LogP contribution is 2.30. The fourth-order valence-corrected chi connectivity index (χ4v) is 4.30. The molecule has 0 aliphatic carbocycles. The van der Waals surface area contributed by atoms with E-state index in [4.69, 9.17) is 14.7 Å². The zero-order valence-electron chi connectivity index (χ0n) is 18.3. The Balaban J connectivity index is 1.39. The summed E-state index contributed by atoms with van der Waals surface area (Å²) in [6, 6.07) is 17.9. The molecule has 168 valence electrons. The second kappa shape index (κ2) is 9.72. The summed E-state index contributed by atoms with van der Waals surface area (Å²) in [6.45, 7) is 2.14. The average molecular weight is 505 g/mol. The maximum Gasteiger partial charge on any atom is 0.225 e. The van der Waals surface area contributed by atoms with E-state index >= 15 is 0 Å². The third-order valence-electron chi connectivity index (χ3n) is 5.71. The summed E-state index contributed by atoms with van der Waals surface area (Å²) >= 11 is 3.59. The SMILES string of the molecule is CN1CCC(Nc2nc(Nc3ccc(Oc4ccccc4)cc3)c3cncc(Br)c3n2)CC1. The zero-order chi connectivity index (χ0) is 22.6. The van der Waals surface area contributed by atoms with Crippen molar-refractivity contribution in [3.8, 4) is 11.5 Å². The molecule has 2 N–H and O–H groups in total. The number of ether oxygens (including phenoxy) is 1. The van der Waals surface area contributed by atoms with Crippen LogP contribution in [0.1, 0.15) is 12.8 Å². The number of hydrogen-bond donors (Lipinski definition) is 2. The van der Waals surface area contributed by atoms with Gasteiger partial charge in [0.2, 0.25) is 5.95 Å². The minimum absolute atomic E-state index is 0.363. The number of likely N-dealkylation sites (tertiary alicyclic amines) is 1. The first kappa shape index (κ1) is 21.6. The first-order chi connectivity index (χ1) is 16.1. The maximum absolute atomic E-state index is 5.90. The van der Waals surface area contributed by atoms with Gasteiger partial charge in [0.15, 0.2) is 0 Å². The van der Waals surface area contributed by atoms with Gasteiger partial charge in [0.05, 0.1) is 15.4 Å². The summed E-state index contributed by atoms with van der Waals surface area (Å²) < 4.78 is 6.73. The van der Waals surface area contributed by atoms with Crippen molar-refractivity contribution in [3.63, 3.8) is 0 Å². The van der Waals surface area contributed by atoms with Crippen LogP contribution in [0.5, 0.6) is 11.5 Å². The van der Waals surface area contributed by atoms with Crippen molar-refractivity contribution in [2.24, 2.45) is 0 Å². The highest BCUT2D eigenvalue weighted by atomic mass is 79.9. The Hall–Kier alpha value is -3.23. The lowest BCUT2D eigenvalue weighted by atomic mass is 10.1. The molecule has 0 atom stereocenters. The Morgan fingerprint density at radius 1 is 0.939 bits per heavy atom. The Morgan fingerprint density at radius 3 is 2.42 bits per heavy atom. The molecule has 1 saturated heterocycles. The van der Waals surface area contributed by atoms with Gasteiger partial charge in [-0.15, -0.1) is 0 Å². The van der Waals surface area contributed by atoms with E-state index in [9.17, 15) is 0 Å². The summed E-state index contributed by atoms with van der Waals surface area (Å²) in [6.07, 6.45) is 5.69. The van der Waals surface area contributed by atoms with Crippen LogP contribution in [0.4, 0.5) is 17.5 Å².